The highest BCUT2D eigenvalue weighted by Gasteiger charge is 2.16. The molecule has 0 radical (unpaired) electrons. The fraction of sp³-hybridized carbons (Fsp3) is 0.533. The molecule has 1 aliphatic rings. The molecule has 2 rings (SSSR count). The van der Waals surface area contributed by atoms with Crippen LogP contribution in [0, 0.1) is 5.82 Å². The molecule has 1 aromatic rings. The van der Waals surface area contributed by atoms with Crippen molar-refractivity contribution in [1.29, 1.82) is 0 Å². The minimum atomic E-state index is -0.298. The number of carbonyl (C=O) groups excluding carboxylic acids is 1. The second-order valence-electron chi connectivity index (χ2n) is 5.26. The largest absolute Gasteiger partial charge is 0.374 e. The van der Waals surface area contributed by atoms with E-state index in [-0.39, 0.29) is 30.9 Å². The monoisotopic (exact) mass is 295 g/mol. The number of morpholine rings is 1. The first-order valence-electron chi connectivity index (χ1n) is 7.16. The van der Waals surface area contributed by atoms with Gasteiger partial charge in [-0.15, -0.1) is 0 Å². The highest BCUT2D eigenvalue weighted by molar-refractivity contribution is 5.77. The molecule has 1 aromatic carbocycles. The highest BCUT2D eigenvalue weighted by Crippen LogP contribution is 2.05. The number of carbonyl (C=O) groups is 1. The fourth-order valence-corrected chi connectivity index (χ4v) is 2.29. The molecule has 0 bridgehead atoms. The molecule has 1 heterocycles. The second-order valence-corrected chi connectivity index (χ2v) is 5.26. The summed E-state index contributed by atoms with van der Waals surface area (Å²) in [6.45, 7) is 3.57. The van der Waals surface area contributed by atoms with Crippen molar-refractivity contribution < 1.29 is 13.9 Å². The molecule has 2 N–H and O–H groups in total. The summed E-state index contributed by atoms with van der Waals surface area (Å²) < 4.78 is 19.0. The van der Waals surface area contributed by atoms with Crippen molar-refractivity contribution in [2.24, 2.45) is 0 Å². The molecule has 1 atom stereocenters. The number of hydrogen-bond donors (Lipinski definition) is 2. The van der Waals surface area contributed by atoms with E-state index in [9.17, 15) is 9.18 Å². The van der Waals surface area contributed by atoms with Crippen LogP contribution >= 0.6 is 0 Å². The van der Waals surface area contributed by atoms with Crippen LogP contribution in [0.15, 0.2) is 24.3 Å². The second kappa shape index (κ2) is 8.07. The first kappa shape index (κ1) is 15.9. The maximum Gasteiger partial charge on any atom is 0.234 e. The number of nitrogens with zero attached hydrogens (tertiary/aromatic N) is 1. The van der Waals surface area contributed by atoms with E-state index in [2.05, 4.69) is 10.6 Å². The van der Waals surface area contributed by atoms with Crippen molar-refractivity contribution in [2.75, 3.05) is 39.8 Å². The Morgan fingerprint density at radius 3 is 3.05 bits per heavy atom. The van der Waals surface area contributed by atoms with Crippen molar-refractivity contribution >= 4 is 5.91 Å². The Morgan fingerprint density at radius 2 is 2.33 bits per heavy atom. The normalized spacial score (nSPS) is 18.7. The van der Waals surface area contributed by atoms with Crippen LogP contribution in [0.4, 0.5) is 4.39 Å². The summed E-state index contributed by atoms with van der Waals surface area (Å²) in [5.74, 6) is -0.419. The van der Waals surface area contributed by atoms with E-state index in [1.807, 2.05) is 11.9 Å². The van der Waals surface area contributed by atoms with E-state index < -0.39 is 0 Å². The summed E-state index contributed by atoms with van der Waals surface area (Å²) in [6.07, 6.45) is 0.114. The molecule has 6 heteroatoms. The van der Waals surface area contributed by atoms with Gasteiger partial charge in [-0.05, 0) is 13.1 Å². The van der Waals surface area contributed by atoms with Crippen LogP contribution in [-0.2, 0) is 16.1 Å². The van der Waals surface area contributed by atoms with E-state index in [1.165, 1.54) is 6.07 Å². The maximum absolute atomic E-state index is 13.4. The van der Waals surface area contributed by atoms with Gasteiger partial charge in [0, 0.05) is 31.7 Å². The topological polar surface area (TPSA) is 53.6 Å². The summed E-state index contributed by atoms with van der Waals surface area (Å²) >= 11 is 0. The molecule has 1 saturated heterocycles. The molecule has 1 aliphatic heterocycles. The number of amides is 1. The molecular weight excluding hydrogens is 273 g/mol. The summed E-state index contributed by atoms with van der Waals surface area (Å²) in [6, 6.07) is 6.44. The summed E-state index contributed by atoms with van der Waals surface area (Å²) in [5.41, 5.74) is 0.494. The summed E-state index contributed by atoms with van der Waals surface area (Å²) in [4.78, 5) is 13.8. The van der Waals surface area contributed by atoms with Gasteiger partial charge in [0.2, 0.25) is 5.91 Å². The Balaban J connectivity index is 1.70. The number of benzene rings is 1. The molecule has 116 valence electrons. The first-order valence-corrected chi connectivity index (χ1v) is 7.16. The minimum Gasteiger partial charge on any atom is -0.374 e. The number of rotatable bonds is 6. The van der Waals surface area contributed by atoms with Crippen molar-refractivity contribution in [3.05, 3.63) is 35.6 Å². The predicted octanol–water partition coefficient (Wildman–Crippen LogP) is 0.362. The van der Waals surface area contributed by atoms with Crippen LogP contribution < -0.4 is 10.6 Å². The van der Waals surface area contributed by atoms with Crippen molar-refractivity contribution in [3.63, 3.8) is 0 Å². The molecule has 5 nitrogen and oxygen atoms in total. The van der Waals surface area contributed by atoms with Gasteiger partial charge in [-0.1, -0.05) is 18.2 Å². The standard InChI is InChI=1S/C15H22FN3O2/c1-19(10-13-9-17-6-7-21-13)11-15(20)18-8-12-4-2-3-5-14(12)16/h2-5,13,17H,6-11H2,1H3,(H,18,20). The summed E-state index contributed by atoms with van der Waals surface area (Å²) in [5, 5.41) is 5.98. The molecule has 21 heavy (non-hydrogen) atoms. The van der Waals surface area contributed by atoms with Gasteiger partial charge < -0.3 is 15.4 Å². The number of nitrogens with one attached hydrogen (secondary N) is 2. The Morgan fingerprint density at radius 1 is 1.52 bits per heavy atom. The van der Waals surface area contributed by atoms with E-state index in [4.69, 9.17) is 4.74 Å². The Hall–Kier alpha value is -1.50. The summed E-state index contributed by atoms with van der Waals surface area (Å²) in [7, 11) is 1.88. The zero-order valence-corrected chi connectivity index (χ0v) is 12.3. The average Bonchev–Trinajstić information content (AvgIpc) is 2.47. The molecule has 0 saturated carbocycles. The maximum atomic E-state index is 13.4. The van der Waals surface area contributed by atoms with Crippen LogP contribution in [0.5, 0.6) is 0 Å². The molecule has 0 spiro atoms. The lowest BCUT2D eigenvalue weighted by Crippen LogP contribution is -2.46. The Bertz CT molecular complexity index is 464. The van der Waals surface area contributed by atoms with E-state index in [0.717, 1.165) is 13.1 Å². The number of hydrogen-bond acceptors (Lipinski definition) is 4. The van der Waals surface area contributed by atoms with Gasteiger partial charge in [0.15, 0.2) is 0 Å². The van der Waals surface area contributed by atoms with Gasteiger partial charge in [-0.25, -0.2) is 4.39 Å². The van der Waals surface area contributed by atoms with Crippen LogP contribution in [0.1, 0.15) is 5.56 Å². The van der Waals surface area contributed by atoms with Crippen LogP contribution in [0.3, 0.4) is 0 Å². The predicted molar refractivity (Wildman–Crippen MR) is 78.4 cm³/mol. The van der Waals surface area contributed by atoms with Crippen LogP contribution in [-0.4, -0.2) is 56.7 Å². The molecule has 1 fully saturated rings. The minimum absolute atomic E-state index is 0.114. The van der Waals surface area contributed by atoms with Crippen LogP contribution in [0.25, 0.3) is 0 Å². The van der Waals surface area contributed by atoms with Crippen molar-refractivity contribution in [3.8, 4) is 0 Å². The van der Waals surface area contributed by atoms with Crippen molar-refractivity contribution in [2.45, 2.75) is 12.6 Å². The smallest absolute Gasteiger partial charge is 0.234 e. The van der Waals surface area contributed by atoms with Gasteiger partial charge in [-0.2, -0.15) is 0 Å². The van der Waals surface area contributed by atoms with Gasteiger partial charge in [0.1, 0.15) is 5.82 Å². The molecular formula is C15H22FN3O2. The lowest BCUT2D eigenvalue weighted by Gasteiger charge is -2.27. The van der Waals surface area contributed by atoms with Gasteiger partial charge in [-0.3, -0.25) is 9.69 Å². The van der Waals surface area contributed by atoms with E-state index >= 15 is 0 Å². The zero-order valence-electron chi connectivity index (χ0n) is 12.3. The molecule has 1 amide bonds. The highest BCUT2D eigenvalue weighted by atomic mass is 19.1. The van der Waals surface area contributed by atoms with Gasteiger partial charge in [0.25, 0.3) is 0 Å². The third kappa shape index (κ3) is 5.41. The quantitative estimate of drug-likeness (QED) is 0.796. The number of halogens is 1. The third-order valence-corrected chi connectivity index (χ3v) is 3.37. The molecule has 1 unspecified atom stereocenters. The molecule has 0 aromatic heterocycles. The van der Waals surface area contributed by atoms with E-state index in [1.54, 1.807) is 18.2 Å². The average molecular weight is 295 g/mol. The Labute approximate surface area is 124 Å². The lowest BCUT2D eigenvalue weighted by molar-refractivity contribution is -0.122. The number of likely N-dealkylation sites (N-methyl/N-ethyl adjacent to an activating group) is 1. The van der Waals surface area contributed by atoms with Gasteiger partial charge in [0.05, 0.1) is 19.3 Å². The molecule has 0 aliphatic carbocycles. The van der Waals surface area contributed by atoms with Crippen molar-refractivity contribution in [1.82, 2.24) is 15.5 Å². The lowest BCUT2D eigenvalue weighted by atomic mass is 10.2. The SMILES string of the molecule is CN(CC(=O)NCc1ccccc1F)CC1CNCCO1. The van der Waals surface area contributed by atoms with Gasteiger partial charge >= 0.3 is 0 Å². The Kier molecular flexibility index (Phi) is 6.10. The first-order chi connectivity index (χ1) is 10.1. The number of ether oxygens (including phenoxy) is 1. The third-order valence-electron chi connectivity index (χ3n) is 3.37. The zero-order chi connectivity index (χ0) is 15.1. The fourth-order valence-electron chi connectivity index (χ4n) is 2.29. The van der Waals surface area contributed by atoms with Crippen LogP contribution in [0.2, 0.25) is 0 Å². The van der Waals surface area contributed by atoms with E-state index in [0.29, 0.717) is 18.7 Å².